The van der Waals surface area contributed by atoms with Crippen molar-refractivity contribution in [1.29, 1.82) is 0 Å². The number of likely N-dealkylation sites (tertiary alicyclic amines) is 1. The molecule has 2 aromatic heterocycles. The zero-order chi connectivity index (χ0) is 38.8. The average molecular weight is 760 g/mol. The number of aromatic nitrogens is 4. The fourth-order valence-electron chi connectivity index (χ4n) is 8.96. The number of phenolic OH excluding ortho intramolecular Hbond substituents is 1. The predicted molar refractivity (Wildman–Crippen MR) is 204 cm³/mol. The van der Waals surface area contributed by atoms with Gasteiger partial charge in [-0.2, -0.15) is 15.1 Å². The summed E-state index contributed by atoms with van der Waals surface area (Å²) in [5.41, 5.74) is -1.29. The number of aromatic hydroxyl groups is 1. The van der Waals surface area contributed by atoms with E-state index in [0.29, 0.717) is 41.7 Å². The number of rotatable bonds is 13. The second-order valence-electron chi connectivity index (χ2n) is 15.3. The Morgan fingerprint density at radius 2 is 1.78 bits per heavy atom. The number of aryl methyl sites for hydroxylation is 1. The van der Waals surface area contributed by atoms with Gasteiger partial charge in [-0.15, -0.1) is 6.42 Å². The van der Waals surface area contributed by atoms with Gasteiger partial charge in [0.25, 0.3) is 5.92 Å². The number of ether oxygens (including phenoxy) is 2. The maximum Gasteiger partial charge on any atom is 0.319 e. The van der Waals surface area contributed by atoms with Crippen LogP contribution in [0.15, 0.2) is 30.5 Å². The Hall–Kier alpha value is -4.71. The number of hydrogen-bond donors (Lipinski definition) is 1. The number of piperazine rings is 1. The fourth-order valence-corrected chi connectivity index (χ4v) is 8.96. The highest BCUT2D eigenvalue weighted by Crippen LogP contribution is 2.61. The summed E-state index contributed by atoms with van der Waals surface area (Å²) in [6.07, 6.45) is 9.90. The molecule has 1 aliphatic carbocycles. The summed E-state index contributed by atoms with van der Waals surface area (Å²) in [6.45, 7) is 7.90. The van der Waals surface area contributed by atoms with Crippen LogP contribution in [0.3, 0.4) is 0 Å². The zero-order valence-corrected chi connectivity index (χ0v) is 31.5. The second-order valence-corrected chi connectivity index (χ2v) is 15.3. The van der Waals surface area contributed by atoms with Gasteiger partial charge in [-0.05, 0) is 61.5 Å². The average Bonchev–Trinajstić information content (AvgIpc) is 3.34. The highest BCUT2D eigenvalue weighted by molar-refractivity contribution is 6.18. The Morgan fingerprint density at radius 3 is 2.44 bits per heavy atom. The molecule has 1 N–H and O–H groups in total. The van der Waals surface area contributed by atoms with Crippen molar-refractivity contribution in [3.8, 4) is 35.2 Å². The Morgan fingerprint density at radius 1 is 1.05 bits per heavy atom. The van der Waals surface area contributed by atoms with E-state index in [1.807, 2.05) is 18.7 Å². The number of phenols is 1. The van der Waals surface area contributed by atoms with Crippen LogP contribution in [0.4, 0.5) is 23.4 Å². The number of anilines is 1. The lowest BCUT2D eigenvalue weighted by molar-refractivity contribution is 0.0235. The standard InChI is InChI=1S/C41H45F4N7O3/c1-6-28-31(42)13-10-24-16-27(53)17-29(32(24)28)33-35(43)37-34(30-20-49(4)48-36(30)33)38(52-25-11-12-26(52)19-51(18-25)14-9-15-54-5)47-39(46-37)55-23-40(21-41(40,44)45)22-50(7-2)8-3/h1,10,13,16-17,20,25-26,53H,7-9,11-12,14-15,18-19,21-23H2,2-5H3/t25-,26+,40-/m1/s1. The van der Waals surface area contributed by atoms with Gasteiger partial charge in [0.2, 0.25) is 0 Å². The molecule has 3 atom stereocenters. The van der Waals surface area contributed by atoms with E-state index in [9.17, 15) is 5.11 Å². The summed E-state index contributed by atoms with van der Waals surface area (Å²) in [5, 5.41) is 17.1. The van der Waals surface area contributed by atoms with Crippen molar-refractivity contribution in [3.05, 3.63) is 47.7 Å². The summed E-state index contributed by atoms with van der Waals surface area (Å²) in [5.74, 6) is -1.75. The minimum absolute atomic E-state index is 0.0413. The summed E-state index contributed by atoms with van der Waals surface area (Å²) in [7, 11) is 3.41. The van der Waals surface area contributed by atoms with Crippen molar-refractivity contribution < 1.29 is 32.1 Å². The van der Waals surface area contributed by atoms with Gasteiger partial charge in [0.15, 0.2) is 5.82 Å². The molecule has 2 aliphatic heterocycles. The molecule has 3 aliphatic rings. The molecule has 5 aromatic rings. The molecule has 0 radical (unpaired) electrons. The first-order valence-corrected chi connectivity index (χ1v) is 18.9. The number of methoxy groups -OCH3 is 1. The number of terminal acetylenes is 1. The van der Waals surface area contributed by atoms with Crippen LogP contribution < -0.4 is 9.64 Å². The molecule has 3 aromatic carbocycles. The van der Waals surface area contributed by atoms with Gasteiger partial charge >= 0.3 is 6.01 Å². The van der Waals surface area contributed by atoms with Crippen LogP contribution in [0.5, 0.6) is 11.8 Å². The number of fused-ring (bicyclic) bond motifs is 6. The lowest BCUT2D eigenvalue weighted by atomic mass is 9.91. The molecule has 290 valence electrons. The monoisotopic (exact) mass is 759 g/mol. The third-order valence-electron chi connectivity index (χ3n) is 11.8. The van der Waals surface area contributed by atoms with Crippen LogP contribution in [-0.4, -0.2) is 112 Å². The number of hydrogen-bond acceptors (Lipinski definition) is 9. The maximum absolute atomic E-state index is 17.7. The van der Waals surface area contributed by atoms with Crippen molar-refractivity contribution in [2.24, 2.45) is 12.5 Å². The fraction of sp³-hybridized carbons (Fsp3) is 0.488. The van der Waals surface area contributed by atoms with E-state index in [4.69, 9.17) is 26.0 Å². The van der Waals surface area contributed by atoms with Crippen molar-refractivity contribution >= 4 is 38.4 Å². The SMILES string of the molecule is C#Cc1c(F)ccc2cc(O)cc(-c3c(F)c4nc(OC[C@]5(CN(CC)CC)CC5(F)F)nc(N5[C@@H]6CC[C@H]5CN(CCCOC)C6)c4c4cn(C)nc34)c12. The quantitative estimate of drug-likeness (QED) is 0.0797. The van der Waals surface area contributed by atoms with E-state index in [0.717, 1.165) is 38.9 Å². The van der Waals surface area contributed by atoms with Gasteiger partial charge in [-0.1, -0.05) is 25.8 Å². The Bertz CT molecular complexity index is 2330. The van der Waals surface area contributed by atoms with E-state index in [1.165, 1.54) is 24.3 Å². The number of benzene rings is 3. The molecule has 1 saturated carbocycles. The topological polar surface area (TPSA) is 92.0 Å². The molecule has 2 bridgehead atoms. The minimum Gasteiger partial charge on any atom is -0.508 e. The lowest BCUT2D eigenvalue weighted by Gasteiger charge is -2.42. The van der Waals surface area contributed by atoms with Crippen molar-refractivity contribution in [2.45, 2.75) is 57.5 Å². The normalized spacial score (nSPS) is 22.0. The van der Waals surface area contributed by atoms with Gasteiger partial charge in [0.05, 0.1) is 16.4 Å². The van der Waals surface area contributed by atoms with Crippen LogP contribution in [0, 0.1) is 29.4 Å². The van der Waals surface area contributed by atoms with Crippen LogP contribution in [0.2, 0.25) is 0 Å². The molecule has 10 nitrogen and oxygen atoms in total. The van der Waals surface area contributed by atoms with Gasteiger partial charge in [-0.3, -0.25) is 9.58 Å². The molecular formula is C41H45F4N7O3. The maximum atomic E-state index is 17.7. The summed E-state index contributed by atoms with van der Waals surface area (Å²) in [4.78, 5) is 16.2. The van der Waals surface area contributed by atoms with Gasteiger partial charge in [0, 0.05) is 88.0 Å². The van der Waals surface area contributed by atoms with Gasteiger partial charge in [-0.25, -0.2) is 17.6 Å². The number of alkyl halides is 2. The molecular weight excluding hydrogens is 714 g/mol. The largest absolute Gasteiger partial charge is 0.508 e. The Kier molecular flexibility index (Phi) is 9.54. The second kappa shape index (κ2) is 14.1. The van der Waals surface area contributed by atoms with Crippen LogP contribution in [0.1, 0.15) is 45.1 Å². The summed E-state index contributed by atoms with van der Waals surface area (Å²) in [6, 6.07) is 5.33. The predicted octanol–water partition coefficient (Wildman–Crippen LogP) is 6.74. The number of halogens is 4. The molecule has 3 fully saturated rings. The van der Waals surface area contributed by atoms with Crippen molar-refractivity contribution in [2.75, 3.05) is 64.5 Å². The first-order valence-electron chi connectivity index (χ1n) is 18.9. The van der Waals surface area contributed by atoms with E-state index in [2.05, 4.69) is 20.7 Å². The third-order valence-corrected chi connectivity index (χ3v) is 11.8. The zero-order valence-electron chi connectivity index (χ0n) is 31.5. The first kappa shape index (κ1) is 37.2. The molecule has 0 unspecified atom stereocenters. The van der Waals surface area contributed by atoms with E-state index >= 15 is 17.6 Å². The van der Waals surface area contributed by atoms with E-state index in [-0.39, 0.29) is 76.5 Å². The highest BCUT2D eigenvalue weighted by Gasteiger charge is 2.72. The molecule has 8 rings (SSSR count). The Balaban J connectivity index is 1.34. The molecule has 14 heteroatoms. The van der Waals surface area contributed by atoms with E-state index in [1.54, 1.807) is 25.0 Å². The minimum atomic E-state index is -2.94. The van der Waals surface area contributed by atoms with Gasteiger partial charge < -0.3 is 24.4 Å². The third kappa shape index (κ3) is 6.30. The van der Waals surface area contributed by atoms with Crippen molar-refractivity contribution in [3.63, 3.8) is 0 Å². The highest BCUT2D eigenvalue weighted by atomic mass is 19.3. The smallest absolute Gasteiger partial charge is 0.319 e. The summed E-state index contributed by atoms with van der Waals surface area (Å²) >= 11 is 0. The van der Waals surface area contributed by atoms with Gasteiger partial charge in [0.1, 0.15) is 35.0 Å². The molecule has 0 amide bonds. The first-order chi connectivity index (χ1) is 26.4. The van der Waals surface area contributed by atoms with Crippen LogP contribution in [0.25, 0.3) is 43.7 Å². The molecule has 4 heterocycles. The molecule has 55 heavy (non-hydrogen) atoms. The molecule has 2 saturated heterocycles. The van der Waals surface area contributed by atoms with Crippen LogP contribution >= 0.6 is 0 Å². The van der Waals surface area contributed by atoms with Crippen LogP contribution in [-0.2, 0) is 11.8 Å². The lowest BCUT2D eigenvalue weighted by Crippen LogP contribution is -2.54. The number of nitrogens with zero attached hydrogens (tertiary/aromatic N) is 7. The summed E-state index contributed by atoms with van der Waals surface area (Å²) < 4.78 is 76.2. The van der Waals surface area contributed by atoms with Crippen molar-refractivity contribution in [1.82, 2.24) is 29.5 Å². The van der Waals surface area contributed by atoms with E-state index < -0.39 is 23.0 Å². The molecule has 0 spiro atoms. The Labute approximate surface area is 317 Å².